The van der Waals surface area contributed by atoms with E-state index in [1.54, 1.807) is 13.8 Å². The van der Waals surface area contributed by atoms with Crippen LogP contribution in [0.3, 0.4) is 0 Å². The molecule has 0 unspecified atom stereocenters. The molecule has 2 aromatic heterocycles. The van der Waals surface area contributed by atoms with Gasteiger partial charge in [0.25, 0.3) is 0 Å². The van der Waals surface area contributed by atoms with Crippen molar-refractivity contribution in [3.05, 3.63) is 39.2 Å². The molecule has 134 valence electrons. The van der Waals surface area contributed by atoms with Crippen molar-refractivity contribution in [2.45, 2.75) is 52.4 Å². The highest BCUT2D eigenvalue weighted by molar-refractivity contribution is 5.76. The lowest BCUT2D eigenvalue weighted by Gasteiger charge is -2.31. The number of aromatic nitrogens is 4. The van der Waals surface area contributed by atoms with Crippen LogP contribution in [-0.4, -0.2) is 44.0 Å². The second kappa shape index (κ2) is 7.16. The Bertz CT molecular complexity index is 800. The summed E-state index contributed by atoms with van der Waals surface area (Å²) < 4.78 is 5.05. The highest BCUT2D eigenvalue weighted by Crippen LogP contribution is 2.25. The van der Waals surface area contributed by atoms with Crippen molar-refractivity contribution in [2.24, 2.45) is 0 Å². The number of nitrogens with zero attached hydrogens (tertiary/aromatic N) is 4. The fraction of sp³-hybridized carbons (Fsp3) is 0.588. The van der Waals surface area contributed by atoms with E-state index >= 15 is 0 Å². The molecule has 1 aliphatic heterocycles. The molecule has 3 rings (SSSR count). The smallest absolute Gasteiger partial charge is 0.342 e. The van der Waals surface area contributed by atoms with Gasteiger partial charge in [-0.1, -0.05) is 5.16 Å². The zero-order valence-corrected chi connectivity index (χ0v) is 14.8. The van der Waals surface area contributed by atoms with Gasteiger partial charge in [-0.25, -0.2) is 4.79 Å². The van der Waals surface area contributed by atoms with Crippen molar-refractivity contribution in [3.63, 3.8) is 0 Å². The third-order valence-corrected chi connectivity index (χ3v) is 4.72. The largest absolute Gasteiger partial charge is 0.345 e. The first-order valence-electron chi connectivity index (χ1n) is 8.58. The minimum Gasteiger partial charge on any atom is -0.342 e. The number of nitrogens with one attached hydrogen (secondary N) is 1. The summed E-state index contributed by atoms with van der Waals surface area (Å²) in [6.45, 7) is 6.79. The maximum absolute atomic E-state index is 12.6. The van der Waals surface area contributed by atoms with Gasteiger partial charge in [0.15, 0.2) is 5.82 Å². The Morgan fingerprint density at radius 3 is 2.80 bits per heavy atom. The molecule has 0 spiro atoms. The number of aryl methyl sites for hydroxylation is 3. The molecule has 1 saturated heterocycles. The first-order valence-corrected chi connectivity index (χ1v) is 8.58. The summed E-state index contributed by atoms with van der Waals surface area (Å²) in [7, 11) is 0. The van der Waals surface area contributed by atoms with Crippen molar-refractivity contribution in [1.82, 2.24) is 25.0 Å². The molecule has 25 heavy (non-hydrogen) atoms. The van der Waals surface area contributed by atoms with Gasteiger partial charge >= 0.3 is 5.69 Å². The molecule has 0 radical (unpaired) electrons. The first kappa shape index (κ1) is 17.3. The van der Waals surface area contributed by atoms with E-state index in [9.17, 15) is 9.59 Å². The van der Waals surface area contributed by atoms with Crippen LogP contribution in [0.25, 0.3) is 0 Å². The molecule has 8 nitrogen and oxygen atoms in total. The van der Waals surface area contributed by atoms with Gasteiger partial charge in [-0.3, -0.25) is 4.79 Å². The third-order valence-electron chi connectivity index (χ3n) is 4.72. The Hall–Kier alpha value is -2.51. The Balaban J connectivity index is 1.62. The van der Waals surface area contributed by atoms with E-state index < -0.39 is 0 Å². The van der Waals surface area contributed by atoms with E-state index in [4.69, 9.17) is 4.52 Å². The molecule has 8 heteroatoms. The topological polar surface area (TPSA) is 105 Å². The van der Waals surface area contributed by atoms with Crippen molar-refractivity contribution < 1.29 is 9.32 Å². The molecule has 1 N–H and O–H groups in total. The summed E-state index contributed by atoms with van der Waals surface area (Å²) in [6, 6.07) is 0. The number of H-pyrrole nitrogens is 1. The van der Waals surface area contributed by atoms with Crippen LogP contribution in [0.15, 0.2) is 9.32 Å². The second-order valence-corrected chi connectivity index (χ2v) is 6.58. The average Bonchev–Trinajstić information content (AvgIpc) is 3.00. The average molecular weight is 345 g/mol. The lowest BCUT2D eigenvalue weighted by molar-refractivity contribution is -0.132. The van der Waals surface area contributed by atoms with Gasteiger partial charge < -0.3 is 14.4 Å². The monoisotopic (exact) mass is 345 g/mol. The molecular formula is C17H23N5O3. The number of aromatic amines is 1. The van der Waals surface area contributed by atoms with E-state index in [1.807, 2.05) is 11.8 Å². The first-order chi connectivity index (χ1) is 11.9. The van der Waals surface area contributed by atoms with Crippen LogP contribution in [0.4, 0.5) is 0 Å². The quantitative estimate of drug-likeness (QED) is 0.898. The minimum absolute atomic E-state index is 0.106. The molecule has 3 heterocycles. The van der Waals surface area contributed by atoms with Crippen LogP contribution in [-0.2, 0) is 11.2 Å². The molecule has 1 fully saturated rings. The summed E-state index contributed by atoms with van der Waals surface area (Å²) in [5, 5.41) is 3.99. The minimum atomic E-state index is -0.348. The number of hydrogen-bond donors (Lipinski definition) is 1. The number of carbonyl (C=O) groups excluding carboxylic acids is 1. The molecule has 0 aromatic carbocycles. The van der Waals surface area contributed by atoms with Gasteiger partial charge in [-0.15, -0.1) is 0 Å². The second-order valence-electron chi connectivity index (χ2n) is 6.58. The predicted molar refractivity (Wildman–Crippen MR) is 90.2 cm³/mol. The van der Waals surface area contributed by atoms with Gasteiger partial charge in [-0.05, 0) is 38.7 Å². The SMILES string of the molecule is Cc1nc([C@@H]2CCCN(C(=O)CCc3c(C)nc(=O)[nH]c3C)C2)no1. The molecule has 0 aliphatic carbocycles. The van der Waals surface area contributed by atoms with Crippen LogP contribution in [0, 0.1) is 20.8 Å². The lowest BCUT2D eigenvalue weighted by Crippen LogP contribution is -2.39. The maximum atomic E-state index is 12.6. The number of hydrogen-bond acceptors (Lipinski definition) is 6. The Morgan fingerprint density at radius 1 is 1.32 bits per heavy atom. The number of likely N-dealkylation sites (tertiary alicyclic amines) is 1. The van der Waals surface area contributed by atoms with Crippen LogP contribution in [0.5, 0.6) is 0 Å². The lowest BCUT2D eigenvalue weighted by atomic mass is 9.96. The zero-order valence-electron chi connectivity index (χ0n) is 14.8. The molecule has 1 aliphatic rings. The van der Waals surface area contributed by atoms with Crippen LogP contribution in [0.2, 0.25) is 0 Å². The van der Waals surface area contributed by atoms with Crippen molar-refractivity contribution in [2.75, 3.05) is 13.1 Å². The van der Waals surface area contributed by atoms with E-state index in [0.717, 1.165) is 30.6 Å². The predicted octanol–water partition coefficient (Wildman–Crippen LogP) is 1.42. The Labute approximate surface area is 145 Å². The maximum Gasteiger partial charge on any atom is 0.345 e. The fourth-order valence-electron chi connectivity index (χ4n) is 3.41. The van der Waals surface area contributed by atoms with Crippen LogP contribution in [0.1, 0.15) is 53.8 Å². The summed E-state index contributed by atoms with van der Waals surface area (Å²) >= 11 is 0. The van der Waals surface area contributed by atoms with Crippen molar-refractivity contribution >= 4 is 5.91 Å². The summed E-state index contributed by atoms with van der Waals surface area (Å²) in [6.07, 6.45) is 2.86. The number of carbonyl (C=O) groups is 1. The number of piperidine rings is 1. The summed E-state index contributed by atoms with van der Waals surface area (Å²) in [5.41, 5.74) is 2.06. The van der Waals surface area contributed by atoms with E-state index in [0.29, 0.717) is 36.8 Å². The normalized spacial score (nSPS) is 17.7. The van der Waals surface area contributed by atoms with E-state index in [1.165, 1.54) is 0 Å². The molecule has 2 aromatic rings. The van der Waals surface area contributed by atoms with Crippen LogP contribution >= 0.6 is 0 Å². The van der Waals surface area contributed by atoms with Crippen molar-refractivity contribution in [3.8, 4) is 0 Å². The van der Waals surface area contributed by atoms with Gasteiger partial charge in [0.05, 0.1) is 0 Å². The van der Waals surface area contributed by atoms with Gasteiger partial charge in [0, 0.05) is 43.7 Å². The zero-order chi connectivity index (χ0) is 18.0. The number of amides is 1. The standard InChI is InChI=1S/C17H23N5O3/c1-10-14(11(2)19-17(24)18-10)6-7-15(23)22-8-4-5-13(9-22)16-20-12(3)25-21-16/h13H,4-9H2,1-3H3,(H,18,19,24)/t13-/m1/s1. The number of rotatable bonds is 4. The fourth-order valence-corrected chi connectivity index (χ4v) is 3.41. The van der Waals surface area contributed by atoms with Gasteiger partial charge in [0.1, 0.15) is 0 Å². The molecule has 1 amide bonds. The van der Waals surface area contributed by atoms with E-state index in [2.05, 4.69) is 20.1 Å². The Morgan fingerprint density at radius 2 is 2.12 bits per heavy atom. The van der Waals surface area contributed by atoms with E-state index in [-0.39, 0.29) is 17.5 Å². The highest BCUT2D eigenvalue weighted by atomic mass is 16.5. The van der Waals surface area contributed by atoms with Crippen molar-refractivity contribution in [1.29, 1.82) is 0 Å². The molecular weight excluding hydrogens is 322 g/mol. The van der Waals surface area contributed by atoms with Gasteiger partial charge in [-0.2, -0.15) is 9.97 Å². The third kappa shape index (κ3) is 3.94. The molecule has 0 bridgehead atoms. The highest BCUT2D eigenvalue weighted by Gasteiger charge is 2.27. The Kier molecular flexibility index (Phi) is 4.96. The molecule has 0 saturated carbocycles. The van der Waals surface area contributed by atoms with Gasteiger partial charge in [0.2, 0.25) is 11.8 Å². The van der Waals surface area contributed by atoms with Crippen LogP contribution < -0.4 is 5.69 Å². The summed E-state index contributed by atoms with van der Waals surface area (Å²) in [4.78, 5) is 36.8. The summed E-state index contributed by atoms with van der Waals surface area (Å²) in [5.74, 6) is 1.48. The molecule has 1 atom stereocenters.